The molecule has 1 unspecified atom stereocenters. The van der Waals surface area contributed by atoms with Crippen LogP contribution in [0.1, 0.15) is 37.1 Å². The molecule has 3 rings (SSSR count). The maximum atomic E-state index is 12.8. The highest BCUT2D eigenvalue weighted by atomic mass is 16.5. The second-order valence-corrected chi connectivity index (χ2v) is 6.51. The van der Waals surface area contributed by atoms with E-state index in [0.717, 1.165) is 24.2 Å². The van der Waals surface area contributed by atoms with Crippen LogP contribution in [0.3, 0.4) is 0 Å². The van der Waals surface area contributed by atoms with Gasteiger partial charge in [-0.1, -0.05) is 18.7 Å². The van der Waals surface area contributed by atoms with Gasteiger partial charge >= 0.3 is 0 Å². The molecule has 0 spiro atoms. The summed E-state index contributed by atoms with van der Waals surface area (Å²) in [5.74, 6) is 2.04. The van der Waals surface area contributed by atoms with Crippen LogP contribution in [0.5, 0.6) is 11.5 Å². The summed E-state index contributed by atoms with van der Waals surface area (Å²) in [6.45, 7) is 6.05. The van der Waals surface area contributed by atoms with Crippen molar-refractivity contribution in [2.75, 3.05) is 13.7 Å². The summed E-state index contributed by atoms with van der Waals surface area (Å²) in [6.07, 6.45) is 8.79. The fourth-order valence-electron chi connectivity index (χ4n) is 3.02. The first kappa shape index (κ1) is 18.8. The Hall–Kier alpha value is -2.95. The minimum atomic E-state index is -0.0890. The quantitative estimate of drug-likeness (QED) is 0.479. The Labute approximate surface area is 159 Å². The van der Waals surface area contributed by atoms with E-state index in [2.05, 4.69) is 6.58 Å². The van der Waals surface area contributed by atoms with Gasteiger partial charge in [-0.25, -0.2) is 0 Å². The molecule has 1 saturated carbocycles. The van der Waals surface area contributed by atoms with Gasteiger partial charge in [-0.15, -0.1) is 0 Å². The molecular weight excluding hydrogens is 342 g/mol. The monoisotopic (exact) mass is 367 g/mol. The molecule has 1 fully saturated rings. The lowest BCUT2D eigenvalue weighted by Gasteiger charge is -2.26. The highest BCUT2D eigenvalue weighted by molar-refractivity contribution is 5.92. The highest BCUT2D eigenvalue weighted by Gasteiger charge is 2.36. The first-order valence-electron chi connectivity index (χ1n) is 9.09. The molecule has 0 bridgehead atoms. The van der Waals surface area contributed by atoms with Crippen molar-refractivity contribution >= 4 is 12.0 Å². The Bertz CT molecular complexity index is 806. The van der Waals surface area contributed by atoms with Crippen molar-refractivity contribution in [1.29, 1.82) is 0 Å². The smallest absolute Gasteiger partial charge is 0.247 e. The molecule has 1 aromatic heterocycles. The molecule has 1 heterocycles. The second-order valence-electron chi connectivity index (χ2n) is 6.51. The average Bonchev–Trinajstić information content (AvgIpc) is 3.35. The Morgan fingerprint density at radius 2 is 2.19 bits per heavy atom. The van der Waals surface area contributed by atoms with E-state index < -0.39 is 0 Å². The Morgan fingerprint density at radius 3 is 2.81 bits per heavy atom. The standard InChI is InChI=1S/C22H25NO4/c1-4-13-26-20-11-7-17(15-21(20)25-3)8-12-22(24)23(18-9-10-18)16(2)19-6-5-14-27-19/h4-8,11-12,14-16,18H,1,9-10,13H2,2-3H3/b12-8+. The van der Waals surface area contributed by atoms with Gasteiger partial charge in [0.1, 0.15) is 12.4 Å². The average molecular weight is 367 g/mol. The van der Waals surface area contributed by atoms with Gasteiger partial charge in [0.05, 0.1) is 19.4 Å². The summed E-state index contributed by atoms with van der Waals surface area (Å²) in [5, 5.41) is 0. The van der Waals surface area contributed by atoms with Gasteiger partial charge in [0.25, 0.3) is 0 Å². The zero-order valence-electron chi connectivity index (χ0n) is 15.8. The number of amides is 1. The van der Waals surface area contributed by atoms with Crippen molar-refractivity contribution < 1.29 is 18.7 Å². The zero-order chi connectivity index (χ0) is 19.2. The van der Waals surface area contributed by atoms with Crippen LogP contribution in [0, 0.1) is 0 Å². The van der Waals surface area contributed by atoms with Crippen LogP contribution in [0.15, 0.2) is 59.7 Å². The van der Waals surface area contributed by atoms with E-state index in [9.17, 15) is 4.79 Å². The summed E-state index contributed by atoms with van der Waals surface area (Å²) in [6, 6.07) is 9.52. The second kappa shape index (κ2) is 8.62. The Balaban J connectivity index is 1.73. The number of carbonyl (C=O) groups excluding carboxylic acids is 1. The molecule has 1 aliphatic rings. The van der Waals surface area contributed by atoms with Crippen LogP contribution in [-0.2, 0) is 4.79 Å². The number of carbonyl (C=O) groups is 1. The third kappa shape index (κ3) is 4.61. The summed E-state index contributed by atoms with van der Waals surface area (Å²) in [4.78, 5) is 14.7. The molecule has 5 nitrogen and oxygen atoms in total. The lowest BCUT2D eigenvalue weighted by atomic mass is 10.1. The van der Waals surface area contributed by atoms with E-state index in [1.54, 1.807) is 31.6 Å². The molecule has 142 valence electrons. The first-order valence-corrected chi connectivity index (χ1v) is 9.09. The van der Waals surface area contributed by atoms with Gasteiger partial charge in [0.15, 0.2) is 11.5 Å². The fourth-order valence-corrected chi connectivity index (χ4v) is 3.02. The number of ether oxygens (including phenoxy) is 2. The van der Waals surface area contributed by atoms with E-state index in [1.165, 1.54) is 0 Å². The third-order valence-corrected chi connectivity index (χ3v) is 4.53. The van der Waals surface area contributed by atoms with E-state index in [0.29, 0.717) is 18.1 Å². The molecule has 0 aliphatic heterocycles. The molecule has 1 aliphatic carbocycles. The van der Waals surface area contributed by atoms with Crippen molar-refractivity contribution in [3.63, 3.8) is 0 Å². The molecular formula is C22H25NO4. The number of hydrogen-bond donors (Lipinski definition) is 0. The predicted molar refractivity (Wildman–Crippen MR) is 105 cm³/mol. The topological polar surface area (TPSA) is 51.9 Å². The van der Waals surface area contributed by atoms with Gasteiger partial charge in [-0.05, 0) is 55.7 Å². The van der Waals surface area contributed by atoms with E-state index in [-0.39, 0.29) is 18.0 Å². The van der Waals surface area contributed by atoms with Gasteiger partial charge in [0.2, 0.25) is 5.91 Å². The number of benzene rings is 1. The maximum absolute atomic E-state index is 12.8. The molecule has 1 amide bonds. The molecule has 0 radical (unpaired) electrons. The Kier molecular flexibility index (Phi) is 6.01. The van der Waals surface area contributed by atoms with Crippen LogP contribution in [0.25, 0.3) is 6.08 Å². The number of rotatable bonds is 9. The van der Waals surface area contributed by atoms with Gasteiger partial charge < -0.3 is 18.8 Å². The van der Waals surface area contributed by atoms with Gasteiger partial charge in [0, 0.05) is 12.1 Å². The van der Waals surface area contributed by atoms with Crippen molar-refractivity contribution in [3.8, 4) is 11.5 Å². The summed E-state index contributed by atoms with van der Waals surface area (Å²) in [7, 11) is 1.59. The number of hydrogen-bond acceptors (Lipinski definition) is 4. The SMILES string of the molecule is C=CCOc1ccc(/C=C/C(=O)N(C2CC2)C(C)c2ccco2)cc1OC. The van der Waals surface area contributed by atoms with Crippen molar-refractivity contribution in [1.82, 2.24) is 4.90 Å². The third-order valence-electron chi connectivity index (χ3n) is 4.53. The minimum Gasteiger partial charge on any atom is -0.493 e. The molecule has 2 aromatic rings. The summed E-state index contributed by atoms with van der Waals surface area (Å²) < 4.78 is 16.4. The lowest BCUT2D eigenvalue weighted by molar-refractivity contribution is -0.129. The maximum Gasteiger partial charge on any atom is 0.247 e. The number of methoxy groups -OCH3 is 1. The normalized spacial score (nSPS) is 14.7. The predicted octanol–water partition coefficient (Wildman–Crippen LogP) is 4.62. The molecule has 1 atom stereocenters. The van der Waals surface area contributed by atoms with Crippen LogP contribution in [0.2, 0.25) is 0 Å². The van der Waals surface area contributed by atoms with E-state index in [4.69, 9.17) is 13.9 Å². The van der Waals surface area contributed by atoms with Crippen LogP contribution in [0.4, 0.5) is 0 Å². The first-order chi connectivity index (χ1) is 13.1. The molecule has 0 N–H and O–H groups in total. The van der Waals surface area contributed by atoms with Crippen LogP contribution >= 0.6 is 0 Å². The molecule has 5 heteroatoms. The largest absolute Gasteiger partial charge is 0.493 e. The minimum absolute atomic E-state index is 0.0210. The van der Waals surface area contributed by atoms with Gasteiger partial charge in [-0.2, -0.15) is 0 Å². The lowest BCUT2D eigenvalue weighted by Crippen LogP contribution is -2.34. The Morgan fingerprint density at radius 1 is 1.37 bits per heavy atom. The summed E-state index contributed by atoms with van der Waals surface area (Å²) >= 11 is 0. The van der Waals surface area contributed by atoms with Crippen LogP contribution < -0.4 is 9.47 Å². The van der Waals surface area contributed by atoms with E-state index in [1.807, 2.05) is 42.2 Å². The van der Waals surface area contributed by atoms with E-state index >= 15 is 0 Å². The molecule has 27 heavy (non-hydrogen) atoms. The summed E-state index contributed by atoms with van der Waals surface area (Å²) in [5.41, 5.74) is 0.868. The number of nitrogens with zero attached hydrogens (tertiary/aromatic N) is 1. The van der Waals surface area contributed by atoms with Crippen LogP contribution in [-0.4, -0.2) is 30.6 Å². The van der Waals surface area contributed by atoms with Crippen molar-refractivity contribution in [2.45, 2.75) is 31.8 Å². The molecule has 0 saturated heterocycles. The van der Waals surface area contributed by atoms with Crippen molar-refractivity contribution in [2.24, 2.45) is 0 Å². The zero-order valence-corrected chi connectivity index (χ0v) is 15.8. The fraction of sp³-hybridized carbons (Fsp3) is 0.318. The van der Waals surface area contributed by atoms with Gasteiger partial charge in [-0.3, -0.25) is 4.79 Å². The number of furan rings is 1. The highest BCUT2D eigenvalue weighted by Crippen LogP contribution is 2.35. The van der Waals surface area contributed by atoms with Crippen molar-refractivity contribution in [3.05, 3.63) is 66.6 Å². The molecule has 1 aromatic carbocycles.